The number of halogens is 1. The lowest BCUT2D eigenvalue weighted by Gasteiger charge is -2.13. The molecule has 7 heteroatoms. The standard InChI is InChI=1S/C21H16FNO4S/c1-2-27-21(26)19-18(25)16-17(24)14-9-8-13(22)10-15(14)23(20(16)28-19)11-12-6-4-3-5-7-12/h3-10,25H,2,11H2,1H3. The van der Waals surface area contributed by atoms with E-state index in [0.717, 1.165) is 16.9 Å². The first-order valence-electron chi connectivity index (χ1n) is 8.69. The highest BCUT2D eigenvalue weighted by Crippen LogP contribution is 2.37. The SMILES string of the molecule is CCOC(=O)c1sc2c(c1O)c(=O)c1ccc(F)cc1n2Cc1ccccc1. The number of rotatable bonds is 4. The minimum atomic E-state index is -0.693. The summed E-state index contributed by atoms with van der Waals surface area (Å²) in [4.78, 5) is 25.6. The Morgan fingerprint density at radius 3 is 2.68 bits per heavy atom. The molecule has 142 valence electrons. The first-order chi connectivity index (χ1) is 13.5. The second-order valence-corrected chi connectivity index (χ2v) is 7.24. The number of benzene rings is 2. The van der Waals surface area contributed by atoms with Crippen molar-refractivity contribution in [2.45, 2.75) is 13.5 Å². The van der Waals surface area contributed by atoms with Crippen LogP contribution in [0.25, 0.3) is 21.1 Å². The van der Waals surface area contributed by atoms with Crippen LogP contribution in [0.3, 0.4) is 0 Å². The molecular formula is C21H16FNO4S. The molecule has 4 aromatic rings. The van der Waals surface area contributed by atoms with E-state index >= 15 is 0 Å². The molecule has 28 heavy (non-hydrogen) atoms. The number of carbonyl (C=O) groups is 1. The van der Waals surface area contributed by atoms with Crippen LogP contribution in [0.15, 0.2) is 53.3 Å². The van der Waals surface area contributed by atoms with Crippen LogP contribution in [-0.2, 0) is 11.3 Å². The Bertz CT molecular complexity index is 1260. The summed E-state index contributed by atoms with van der Waals surface area (Å²) in [6, 6.07) is 13.4. The average Bonchev–Trinajstić information content (AvgIpc) is 3.03. The normalized spacial score (nSPS) is 11.2. The van der Waals surface area contributed by atoms with E-state index in [1.54, 1.807) is 11.5 Å². The zero-order valence-electron chi connectivity index (χ0n) is 14.9. The van der Waals surface area contributed by atoms with Crippen LogP contribution < -0.4 is 5.43 Å². The Hall–Kier alpha value is -3.19. The van der Waals surface area contributed by atoms with Crippen LogP contribution in [-0.4, -0.2) is 22.2 Å². The number of fused-ring (bicyclic) bond motifs is 2. The summed E-state index contributed by atoms with van der Waals surface area (Å²) >= 11 is 0.969. The fourth-order valence-electron chi connectivity index (χ4n) is 3.23. The second-order valence-electron chi connectivity index (χ2n) is 6.24. The van der Waals surface area contributed by atoms with Gasteiger partial charge in [0.2, 0.25) is 5.43 Å². The number of nitrogens with zero attached hydrogens (tertiary/aromatic N) is 1. The number of thiophene rings is 1. The zero-order chi connectivity index (χ0) is 19.8. The van der Waals surface area contributed by atoms with E-state index in [1.165, 1.54) is 18.2 Å². The van der Waals surface area contributed by atoms with Gasteiger partial charge in [0.05, 0.1) is 12.1 Å². The molecule has 0 radical (unpaired) electrons. The molecular weight excluding hydrogens is 381 g/mol. The monoisotopic (exact) mass is 397 g/mol. The molecule has 0 spiro atoms. The third kappa shape index (κ3) is 2.93. The Morgan fingerprint density at radius 1 is 1.21 bits per heavy atom. The van der Waals surface area contributed by atoms with Crippen LogP contribution >= 0.6 is 11.3 Å². The number of pyridine rings is 1. The molecule has 0 saturated carbocycles. The largest absolute Gasteiger partial charge is 0.505 e. The molecule has 1 N–H and O–H groups in total. The Balaban J connectivity index is 2.08. The van der Waals surface area contributed by atoms with Crippen LogP contribution in [0.5, 0.6) is 5.75 Å². The van der Waals surface area contributed by atoms with E-state index in [0.29, 0.717) is 16.9 Å². The second kappa shape index (κ2) is 7.09. The molecule has 0 fully saturated rings. The lowest BCUT2D eigenvalue weighted by atomic mass is 10.1. The third-order valence-corrected chi connectivity index (χ3v) is 5.66. The fraction of sp³-hybridized carbons (Fsp3) is 0.143. The average molecular weight is 397 g/mol. The van der Waals surface area contributed by atoms with Crippen LogP contribution in [0.2, 0.25) is 0 Å². The highest BCUT2D eigenvalue weighted by atomic mass is 32.1. The van der Waals surface area contributed by atoms with Gasteiger partial charge in [-0.1, -0.05) is 30.3 Å². The van der Waals surface area contributed by atoms with Gasteiger partial charge in [0, 0.05) is 11.9 Å². The van der Waals surface area contributed by atoms with Crippen molar-refractivity contribution in [3.63, 3.8) is 0 Å². The topological polar surface area (TPSA) is 68.5 Å². The summed E-state index contributed by atoms with van der Waals surface area (Å²) in [5, 5.41) is 10.9. The molecule has 0 aliphatic carbocycles. The van der Waals surface area contributed by atoms with Gasteiger partial charge in [0.25, 0.3) is 0 Å². The summed E-state index contributed by atoms with van der Waals surface area (Å²) in [5.74, 6) is -1.56. The number of hydrogen-bond acceptors (Lipinski definition) is 5. The molecule has 0 aliphatic heterocycles. The van der Waals surface area contributed by atoms with Gasteiger partial charge in [-0.25, -0.2) is 9.18 Å². The van der Waals surface area contributed by atoms with E-state index in [-0.39, 0.29) is 22.3 Å². The molecule has 0 unspecified atom stereocenters. The van der Waals surface area contributed by atoms with Gasteiger partial charge in [-0.15, -0.1) is 11.3 Å². The number of carbonyl (C=O) groups excluding carboxylic acids is 1. The Kier molecular flexibility index (Phi) is 4.60. The van der Waals surface area contributed by atoms with Crippen LogP contribution in [0.1, 0.15) is 22.2 Å². The van der Waals surface area contributed by atoms with Crippen molar-refractivity contribution < 1.29 is 19.0 Å². The molecule has 0 atom stereocenters. The van der Waals surface area contributed by atoms with Gasteiger partial charge in [0.1, 0.15) is 16.0 Å². The zero-order valence-corrected chi connectivity index (χ0v) is 15.8. The van der Waals surface area contributed by atoms with Crippen molar-refractivity contribution in [1.29, 1.82) is 0 Å². The summed E-state index contributed by atoms with van der Waals surface area (Å²) in [6.45, 7) is 2.15. The highest BCUT2D eigenvalue weighted by molar-refractivity contribution is 7.21. The first-order valence-corrected chi connectivity index (χ1v) is 9.51. The van der Waals surface area contributed by atoms with Crippen LogP contribution in [0.4, 0.5) is 4.39 Å². The highest BCUT2D eigenvalue weighted by Gasteiger charge is 2.25. The van der Waals surface area contributed by atoms with Gasteiger partial charge in [-0.2, -0.15) is 0 Å². The molecule has 2 aromatic carbocycles. The third-order valence-electron chi connectivity index (χ3n) is 4.48. The Labute approximate surface area is 163 Å². The molecule has 5 nitrogen and oxygen atoms in total. The number of aromatic hydroxyl groups is 1. The molecule has 2 aromatic heterocycles. The maximum absolute atomic E-state index is 14.0. The van der Waals surface area contributed by atoms with E-state index in [2.05, 4.69) is 0 Å². The van der Waals surface area contributed by atoms with Crippen LogP contribution in [0, 0.1) is 5.82 Å². The number of esters is 1. The van der Waals surface area contributed by atoms with Crippen molar-refractivity contribution in [3.05, 3.63) is 75.0 Å². The molecule has 2 heterocycles. The summed E-state index contributed by atoms with van der Waals surface area (Å²) < 4.78 is 20.7. The fourth-order valence-corrected chi connectivity index (χ4v) is 4.33. The van der Waals surface area contributed by atoms with E-state index < -0.39 is 23.0 Å². The van der Waals surface area contributed by atoms with Crippen molar-refractivity contribution in [2.24, 2.45) is 0 Å². The lowest BCUT2D eigenvalue weighted by molar-refractivity contribution is 0.0529. The van der Waals surface area contributed by atoms with Crippen molar-refractivity contribution >= 4 is 38.4 Å². The predicted octanol–water partition coefficient (Wildman–Crippen LogP) is 4.29. The maximum atomic E-state index is 14.0. The van der Waals surface area contributed by atoms with Crippen molar-refractivity contribution in [2.75, 3.05) is 6.61 Å². The van der Waals surface area contributed by atoms with Crippen molar-refractivity contribution in [3.8, 4) is 5.75 Å². The number of ether oxygens (including phenoxy) is 1. The summed E-state index contributed by atoms with van der Waals surface area (Å²) in [7, 11) is 0. The molecule has 0 amide bonds. The van der Waals surface area contributed by atoms with Gasteiger partial charge >= 0.3 is 5.97 Å². The summed E-state index contributed by atoms with van der Waals surface area (Å²) in [5.41, 5.74) is 0.889. The quantitative estimate of drug-likeness (QED) is 0.522. The van der Waals surface area contributed by atoms with Gasteiger partial charge in [0.15, 0.2) is 10.6 Å². The summed E-state index contributed by atoms with van der Waals surface area (Å²) in [6.07, 6.45) is 0. The van der Waals surface area contributed by atoms with Gasteiger partial charge in [-0.05, 0) is 30.7 Å². The smallest absolute Gasteiger partial charge is 0.352 e. The van der Waals surface area contributed by atoms with Gasteiger partial charge in [-0.3, -0.25) is 4.79 Å². The molecule has 0 saturated heterocycles. The van der Waals surface area contributed by atoms with E-state index in [1.807, 2.05) is 30.3 Å². The molecule has 0 aliphatic rings. The lowest BCUT2D eigenvalue weighted by Crippen LogP contribution is -2.11. The first kappa shape index (κ1) is 18.2. The van der Waals surface area contributed by atoms with E-state index in [4.69, 9.17) is 4.74 Å². The number of hydrogen-bond donors (Lipinski definition) is 1. The maximum Gasteiger partial charge on any atom is 0.352 e. The van der Waals surface area contributed by atoms with Crippen molar-refractivity contribution in [1.82, 2.24) is 4.57 Å². The van der Waals surface area contributed by atoms with Gasteiger partial charge < -0.3 is 14.4 Å². The molecule has 4 rings (SSSR count). The minimum Gasteiger partial charge on any atom is -0.505 e. The number of aromatic nitrogens is 1. The van der Waals surface area contributed by atoms with E-state index in [9.17, 15) is 19.1 Å². The molecule has 0 bridgehead atoms. The Morgan fingerprint density at radius 2 is 1.96 bits per heavy atom. The minimum absolute atomic E-state index is 0.0356. The predicted molar refractivity (Wildman–Crippen MR) is 107 cm³/mol.